The fourth-order valence-electron chi connectivity index (χ4n) is 15.5. The summed E-state index contributed by atoms with van der Waals surface area (Å²) in [6, 6.07) is 0. The smallest absolute Gasteiger partial charge is 0.161 e. The highest BCUT2D eigenvalue weighted by atomic mass is 16.8. The quantitative estimate of drug-likeness (QED) is 0.147. The van der Waals surface area contributed by atoms with Crippen LogP contribution in [0.4, 0.5) is 0 Å². The van der Waals surface area contributed by atoms with Gasteiger partial charge in [0, 0.05) is 77.8 Å². The molecule has 0 unspecified atom stereocenters. The third-order valence-corrected chi connectivity index (χ3v) is 19.9. The number of methoxy groups -OCH3 is 4. The van der Waals surface area contributed by atoms with Crippen molar-refractivity contribution < 1.29 is 96.6 Å². The van der Waals surface area contributed by atoms with E-state index >= 15 is 0 Å². The molecule has 0 radical (unpaired) electrons. The average Bonchev–Trinajstić information content (AvgIpc) is 3.66. The first-order valence-corrected chi connectivity index (χ1v) is 27.9. The molecular weight excluding hydrogens is 981 g/mol. The molecule has 0 aromatic heterocycles. The van der Waals surface area contributed by atoms with Crippen molar-refractivity contribution in [3.05, 3.63) is 11.6 Å². The molecular formula is C55H90O20. The molecule has 20 nitrogen and oxygen atoms in total. The summed E-state index contributed by atoms with van der Waals surface area (Å²) in [7, 11) is 6.45. The van der Waals surface area contributed by atoms with Crippen LogP contribution in [0.25, 0.3) is 0 Å². The van der Waals surface area contributed by atoms with Gasteiger partial charge in [0.2, 0.25) is 0 Å². The molecule has 75 heavy (non-hydrogen) atoms. The van der Waals surface area contributed by atoms with E-state index in [-0.39, 0.29) is 37.3 Å². The van der Waals surface area contributed by atoms with E-state index in [2.05, 4.69) is 13.0 Å². The predicted molar refractivity (Wildman–Crippen MR) is 265 cm³/mol. The zero-order chi connectivity index (χ0) is 54.1. The number of fused-ring (bicyclic) bond motifs is 5. The van der Waals surface area contributed by atoms with Crippen molar-refractivity contribution in [2.75, 3.05) is 28.4 Å². The van der Waals surface area contributed by atoms with Gasteiger partial charge in [-0.15, -0.1) is 0 Å². The highest BCUT2D eigenvalue weighted by Crippen LogP contribution is 2.69. The van der Waals surface area contributed by atoms with Crippen LogP contribution in [0.5, 0.6) is 0 Å². The first-order valence-electron chi connectivity index (χ1n) is 27.9. The molecule has 430 valence electrons. The molecule has 0 amide bonds. The predicted octanol–water partition coefficient (Wildman–Crippen LogP) is 3.74. The fraction of sp³-hybridized carbons (Fsp3) is 0.945. The van der Waals surface area contributed by atoms with Gasteiger partial charge in [-0.2, -0.15) is 0 Å². The minimum Gasteiger partial charge on any atom is -0.392 e. The van der Waals surface area contributed by atoms with E-state index in [0.29, 0.717) is 57.8 Å². The van der Waals surface area contributed by atoms with Crippen LogP contribution in [-0.4, -0.2) is 206 Å². The second-order valence-corrected chi connectivity index (χ2v) is 24.0. The van der Waals surface area contributed by atoms with Gasteiger partial charge < -0.3 is 91.8 Å². The zero-order valence-electron chi connectivity index (χ0n) is 46.3. The van der Waals surface area contributed by atoms with Crippen molar-refractivity contribution in [2.45, 2.75) is 279 Å². The molecule has 0 spiro atoms. The van der Waals surface area contributed by atoms with Gasteiger partial charge in [0.15, 0.2) is 31.5 Å². The van der Waals surface area contributed by atoms with E-state index < -0.39 is 157 Å². The van der Waals surface area contributed by atoms with E-state index in [1.54, 1.807) is 42.3 Å². The van der Waals surface area contributed by atoms with Gasteiger partial charge in [-0.05, 0) is 91.9 Å². The van der Waals surface area contributed by atoms with Crippen LogP contribution < -0.4 is 0 Å². The van der Waals surface area contributed by atoms with Crippen LogP contribution in [0.2, 0.25) is 0 Å². The molecule has 0 bridgehead atoms. The summed E-state index contributed by atoms with van der Waals surface area (Å²) in [6.45, 7) is 14.8. The Labute approximate surface area is 442 Å². The van der Waals surface area contributed by atoms with Gasteiger partial charge >= 0.3 is 0 Å². The summed E-state index contributed by atoms with van der Waals surface area (Å²) < 4.78 is 87.7. The van der Waals surface area contributed by atoms with E-state index in [1.165, 1.54) is 6.92 Å². The third kappa shape index (κ3) is 10.6. The van der Waals surface area contributed by atoms with Crippen LogP contribution in [0.15, 0.2) is 11.6 Å². The molecule has 3 saturated carbocycles. The maximum Gasteiger partial charge on any atom is 0.161 e. The SMILES string of the molecule is CO[C@H]1C[C@H](O[C@@H]2[C@@H](C)O[C@@H](O[C@@H]3[C@@H](C)O[C@@H](O[C@H]4[C@H](O)C[C@H](O[C@H]5CC[C@@]6(C)C(=CC[C@]7(O)[C@@H]6C[C@@H](O)[C@]6(C)[C@H](C(C)=O)CC[C@@]67O)C5)O[C@@H]4C)C[C@H]3OC)C[C@H]2OC)O[C@H](C)[C@H]1O[C@H]1C[C@@H](OC)[C@H](O)[C@@H](C)O1. The molecule has 8 fully saturated rings. The summed E-state index contributed by atoms with van der Waals surface area (Å²) in [5, 5.41) is 58.7. The Morgan fingerprint density at radius 2 is 1.01 bits per heavy atom. The molecule has 5 heterocycles. The van der Waals surface area contributed by atoms with E-state index in [0.717, 1.165) is 5.57 Å². The second-order valence-electron chi connectivity index (χ2n) is 24.0. The highest BCUT2D eigenvalue weighted by Gasteiger charge is 2.76. The Morgan fingerprint density at radius 1 is 0.573 bits per heavy atom. The van der Waals surface area contributed by atoms with E-state index in [4.69, 9.17) is 66.3 Å². The summed E-state index contributed by atoms with van der Waals surface area (Å²) in [5.41, 5.74) is -3.57. The van der Waals surface area contributed by atoms with E-state index in [1.807, 2.05) is 27.7 Å². The molecule has 5 saturated heterocycles. The second kappa shape index (κ2) is 22.9. The summed E-state index contributed by atoms with van der Waals surface area (Å²) in [5.74, 6) is -0.978. The van der Waals surface area contributed by atoms with Crippen molar-refractivity contribution >= 4 is 5.78 Å². The maximum absolute atomic E-state index is 12.7. The number of carbonyl (C=O) groups excluding carboxylic acids is 1. The van der Waals surface area contributed by atoms with Gasteiger partial charge in [-0.25, -0.2) is 0 Å². The number of carbonyl (C=O) groups is 1. The van der Waals surface area contributed by atoms with Crippen LogP contribution in [0.1, 0.15) is 132 Å². The number of hydrogen-bond donors (Lipinski definition) is 5. The third-order valence-electron chi connectivity index (χ3n) is 19.9. The molecule has 5 aliphatic heterocycles. The fourth-order valence-corrected chi connectivity index (χ4v) is 15.5. The lowest BCUT2D eigenvalue weighted by Crippen LogP contribution is -2.75. The van der Waals surface area contributed by atoms with Crippen LogP contribution >= 0.6 is 0 Å². The van der Waals surface area contributed by atoms with Gasteiger partial charge in [0.05, 0.1) is 73.2 Å². The Balaban J connectivity index is 0.744. The van der Waals surface area contributed by atoms with Crippen molar-refractivity contribution in [1.29, 1.82) is 0 Å². The molecule has 28 atom stereocenters. The van der Waals surface area contributed by atoms with Gasteiger partial charge in [-0.1, -0.05) is 25.5 Å². The molecule has 0 aromatic carbocycles. The lowest BCUT2D eigenvalue weighted by molar-refractivity contribution is -0.351. The number of rotatable bonds is 15. The summed E-state index contributed by atoms with van der Waals surface area (Å²) >= 11 is 0. The number of aliphatic hydroxyl groups excluding tert-OH is 3. The van der Waals surface area contributed by atoms with E-state index in [9.17, 15) is 30.3 Å². The molecule has 4 aliphatic carbocycles. The Hall–Kier alpha value is -1.35. The number of Topliss-reactive ketones (excluding diaryl/α,β-unsaturated/α-hetero) is 1. The normalized spacial score (nSPS) is 53.3. The molecule has 0 aromatic rings. The molecule has 20 heteroatoms. The topological polar surface area (TPSA) is 247 Å². The first kappa shape index (κ1) is 58.3. The van der Waals surface area contributed by atoms with Gasteiger partial charge in [-0.3, -0.25) is 4.79 Å². The Bertz CT molecular complexity index is 1970. The molecule has 9 rings (SSSR count). The van der Waals surface area contributed by atoms with Crippen molar-refractivity contribution in [3.8, 4) is 0 Å². The lowest BCUT2D eigenvalue weighted by Gasteiger charge is -2.66. The largest absolute Gasteiger partial charge is 0.392 e. The van der Waals surface area contributed by atoms with Crippen LogP contribution in [-0.2, 0) is 71.1 Å². The number of ether oxygens (including phenoxy) is 14. The van der Waals surface area contributed by atoms with Crippen molar-refractivity contribution in [1.82, 2.24) is 0 Å². The van der Waals surface area contributed by atoms with Gasteiger partial charge in [0.25, 0.3) is 0 Å². The molecule has 5 N–H and O–H groups in total. The number of hydrogen-bond acceptors (Lipinski definition) is 20. The van der Waals surface area contributed by atoms with Crippen LogP contribution in [0.3, 0.4) is 0 Å². The van der Waals surface area contributed by atoms with Crippen LogP contribution in [0, 0.1) is 22.7 Å². The van der Waals surface area contributed by atoms with Crippen molar-refractivity contribution in [2.24, 2.45) is 22.7 Å². The lowest BCUT2D eigenvalue weighted by atomic mass is 9.43. The minimum absolute atomic E-state index is 0.0644. The Morgan fingerprint density at radius 3 is 1.48 bits per heavy atom. The standard InChI is InChI=1S/C55H90O20/c1-26(56)34-15-18-55(61)53(34,8)41(58)25-40-52(7)16-14-33(19-32(52)13-17-54(40,55)60)71-42-20-35(57)48(28(3)67-42)72-44-22-37(63-10)50(29(4)68-44)74-46-24-39(65-12)51(31(6)70-46)75-45-23-38(64-11)49(30(5)69-45)73-43-21-36(62-9)47(59)27(2)66-43/h13,27-31,33-51,57-61H,14-25H2,1-12H3/t27-,28-,29-,30-,31-,33+,34+,35-,36-,37-,38+,39-,40-,41-,42+,43+,44+,45+,46+,47-,48-,49-,50-,51-,52+,53+,54+,55-/m1/s1. The monoisotopic (exact) mass is 1070 g/mol. The average molecular weight is 1070 g/mol. The minimum atomic E-state index is -1.60. The number of ketones is 1. The van der Waals surface area contributed by atoms with Gasteiger partial charge in [0.1, 0.15) is 47.5 Å². The highest BCUT2D eigenvalue weighted by molar-refractivity contribution is 5.80. The summed E-state index contributed by atoms with van der Waals surface area (Å²) in [6.07, 6.45) is -5.44. The molecule has 9 aliphatic rings. The number of aliphatic hydroxyl groups is 5. The zero-order valence-corrected chi connectivity index (χ0v) is 46.3. The van der Waals surface area contributed by atoms with Crippen molar-refractivity contribution in [3.63, 3.8) is 0 Å². The maximum atomic E-state index is 12.7. The summed E-state index contributed by atoms with van der Waals surface area (Å²) in [4.78, 5) is 12.7. The first-order chi connectivity index (χ1) is 35.5. The Kier molecular flexibility index (Phi) is 17.8.